The summed E-state index contributed by atoms with van der Waals surface area (Å²) < 4.78 is 73.9. The van der Waals surface area contributed by atoms with E-state index in [0.29, 0.717) is 6.42 Å². The average molecular weight is 449 g/mol. The zero-order valence-electron chi connectivity index (χ0n) is 15.1. The Morgan fingerprint density at radius 1 is 1.40 bits per heavy atom. The number of hydrogen-bond donors (Lipinski definition) is 1. The zero-order valence-corrected chi connectivity index (χ0v) is 15.8. The van der Waals surface area contributed by atoms with Crippen molar-refractivity contribution in [3.05, 3.63) is 51.8 Å². The predicted octanol–water partition coefficient (Wildman–Crippen LogP) is 3.53. The highest BCUT2D eigenvalue weighted by molar-refractivity contribution is 6.33. The van der Waals surface area contributed by atoms with E-state index in [1.807, 2.05) is 0 Å². The number of hydrogen-bond acceptors (Lipinski definition) is 5. The van der Waals surface area contributed by atoms with Crippen molar-refractivity contribution in [2.45, 2.75) is 31.0 Å². The molecule has 1 aliphatic heterocycles. The fourth-order valence-corrected chi connectivity index (χ4v) is 3.96. The van der Waals surface area contributed by atoms with Crippen molar-refractivity contribution in [3.8, 4) is 0 Å². The van der Waals surface area contributed by atoms with Crippen LogP contribution in [0.5, 0.6) is 0 Å². The summed E-state index contributed by atoms with van der Waals surface area (Å²) >= 11 is 5.78. The number of rotatable bonds is 6. The zero-order chi connectivity index (χ0) is 21.8. The maximum absolute atomic E-state index is 14.6. The van der Waals surface area contributed by atoms with E-state index in [9.17, 15) is 26.7 Å². The summed E-state index contributed by atoms with van der Waals surface area (Å²) in [6.45, 7) is -4.16. The van der Waals surface area contributed by atoms with Gasteiger partial charge in [-0.3, -0.25) is 4.79 Å². The quantitative estimate of drug-likeness (QED) is 0.541. The van der Waals surface area contributed by atoms with Crippen LogP contribution in [0.15, 0.2) is 23.3 Å². The molecule has 6 nitrogen and oxygen atoms in total. The first kappa shape index (κ1) is 20.6. The molecule has 0 bridgehead atoms. The van der Waals surface area contributed by atoms with Gasteiger partial charge in [-0.05, 0) is 24.1 Å². The van der Waals surface area contributed by atoms with Crippen LogP contribution in [-0.4, -0.2) is 34.4 Å². The van der Waals surface area contributed by atoms with Crippen LogP contribution in [0.1, 0.15) is 34.6 Å². The van der Waals surface area contributed by atoms with Crippen LogP contribution in [0.4, 0.5) is 22.0 Å². The molecule has 0 radical (unpaired) electrons. The smallest absolute Gasteiger partial charge is 0.333 e. The number of Topliss-reactive ketones (excluding diaryl/α,β-unsaturated/α-hetero) is 1. The van der Waals surface area contributed by atoms with E-state index >= 15 is 0 Å². The number of aliphatic imine (C=N–C) groups is 1. The lowest BCUT2D eigenvalue weighted by molar-refractivity contribution is 0.0560. The maximum Gasteiger partial charge on any atom is 0.333 e. The van der Waals surface area contributed by atoms with Gasteiger partial charge in [-0.2, -0.15) is 13.9 Å². The Morgan fingerprint density at radius 2 is 2.13 bits per heavy atom. The molecule has 1 aromatic heterocycles. The molecule has 0 saturated heterocycles. The van der Waals surface area contributed by atoms with Gasteiger partial charge in [0, 0.05) is 17.9 Å². The van der Waals surface area contributed by atoms with Gasteiger partial charge in [-0.25, -0.2) is 22.8 Å². The number of amidine groups is 1. The number of aromatic nitrogens is 2. The topological polar surface area (TPSA) is 82.5 Å². The molecule has 3 atom stereocenters. The number of ketones is 1. The molecule has 4 rings (SSSR count). The van der Waals surface area contributed by atoms with Gasteiger partial charge in [-0.1, -0.05) is 11.6 Å². The fraction of sp³-hybridized carbons (Fsp3) is 0.389. The second-order valence-electron chi connectivity index (χ2n) is 7.13. The molecule has 0 amide bonds. The summed E-state index contributed by atoms with van der Waals surface area (Å²) in [6, 6.07) is 1.54. The Morgan fingerprint density at radius 3 is 2.77 bits per heavy atom. The lowest BCUT2D eigenvalue weighted by atomic mass is 9.84. The Balaban J connectivity index is 1.71. The largest absolute Gasteiger partial charge is 0.462 e. The summed E-state index contributed by atoms with van der Waals surface area (Å²) in [4.78, 5) is 16.4. The Hall–Kier alpha value is -2.69. The predicted molar refractivity (Wildman–Crippen MR) is 95.1 cm³/mol. The Kier molecular flexibility index (Phi) is 4.95. The standard InChI is InChI=1S/C18H14ClF5N4O2/c19-10-5-28(16(23)24)27-15(10)12(29)3-7-1-9(14(22)11(21)2-7)18(6-20)8-4-13(8)30-17(25)26-18/h1-2,5,8,13,16H,3-4,6H2,(H2,25,26)/t8-,13+,18-/m0/s1. The molecule has 0 spiro atoms. The lowest BCUT2D eigenvalue weighted by Crippen LogP contribution is -2.40. The Bertz CT molecular complexity index is 1060. The third-order valence-electron chi connectivity index (χ3n) is 5.20. The molecule has 160 valence electrons. The second kappa shape index (κ2) is 7.22. The van der Waals surface area contributed by atoms with Crippen LogP contribution in [0.3, 0.4) is 0 Å². The monoisotopic (exact) mass is 448 g/mol. The average Bonchev–Trinajstić information content (AvgIpc) is 3.35. The van der Waals surface area contributed by atoms with Gasteiger partial charge in [0.15, 0.2) is 17.4 Å². The molecular weight excluding hydrogens is 435 g/mol. The minimum atomic E-state index is -3.01. The molecular formula is C18H14ClF5N4O2. The number of nitrogens with two attached hydrogens (primary N) is 1. The van der Waals surface area contributed by atoms with E-state index in [0.717, 1.165) is 18.3 Å². The van der Waals surface area contributed by atoms with Crippen LogP contribution in [0, 0.1) is 17.6 Å². The summed E-state index contributed by atoms with van der Waals surface area (Å²) in [5, 5.41) is 3.10. The molecule has 30 heavy (non-hydrogen) atoms. The maximum atomic E-state index is 14.6. The van der Waals surface area contributed by atoms with Crippen molar-refractivity contribution in [2.24, 2.45) is 16.6 Å². The van der Waals surface area contributed by atoms with Crippen molar-refractivity contribution >= 4 is 23.4 Å². The van der Waals surface area contributed by atoms with Crippen molar-refractivity contribution in [1.29, 1.82) is 0 Å². The minimum Gasteiger partial charge on any atom is -0.462 e. The van der Waals surface area contributed by atoms with Crippen LogP contribution >= 0.6 is 11.6 Å². The number of carbonyl (C=O) groups excluding carboxylic acids is 1. The fourth-order valence-electron chi connectivity index (χ4n) is 3.72. The molecule has 2 aromatic rings. The summed E-state index contributed by atoms with van der Waals surface area (Å²) in [5.41, 5.74) is 2.93. The number of nitrogens with zero attached hydrogens (tertiary/aromatic N) is 3. The van der Waals surface area contributed by atoms with Crippen LogP contribution in [0.2, 0.25) is 5.02 Å². The van der Waals surface area contributed by atoms with E-state index in [-0.39, 0.29) is 21.3 Å². The highest BCUT2D eigenvalue weighted by Gasteiger charge is 2.60. The number of ether oxygens (including phenoxy) is 1. The van der Waals surface area contributed by atoms with Crippen molar-refractivity contribution in [2.75, 3.05) is 6.67 Å². The van der Waals surface area contributed by atoms with E-state index in [2.05, 4.69) is 10.1 Å². The first-order valence-corrected chi connectivity index (χ1v) is 9.16. The van der Waals surface area contributed by atoms with Crippen LogP contribution < -0.4 is 5.73 Å². The van der Waals surface area contributed by atoms with Gasteiger partial charge in [0.2, 0.25) is 0 Å². The summed E-state index contributed by atoms with van der Waals surface area (Å²) in [5.74, 6) is -3.96. The van der Waals surface area contributed by atoms with Gasteiger partial charge < -0.3 is 10.5 Å². The van der Waals surface area contributed by atoms with Gasteiger partial charge in [0.05, 0.1) is 11.2 Å². The molecule has 1 aliphatic carbocycles. The van der Waals surface area contributed by atoms with Crippen LogP contribution in [0.25, 0.3) is 0 Å². The van der Waals surface area contributed by atoms with Crippen molar-refractivity contribution in [3.63, 3.8) is 0 Å². The number of carbonyl (C=O) groups is 1. The highest BCUT2D eigenvalue weighted by Crippen LogP contribution is 2.53. The van der Waals surface area contributed by atoms with Gasteiger partial charge >= 0.3 is 6.55 Å². The van der Waals surface area contributed by atoms with Crippen molar-refractivity contribution in [1.82, 2.24) is 9.78 Å². The first-order valence-electron chi connectivity index (χ1n) is 8.78. The van der Waals surface area contributed by atoms with E-state index < -0.39 is 65.9 Å². The normalized spacial score (nSPS) is 25.0. The van der Waals surface area contributed by atoms with Gasteiger partial charge in [0.25, 0.3) is 6.02 Å². The van der Waals surface area contributed by atoms with Crippen LogP contribution in [-0.2, 0) is 16.7 Å². The molecule has 2 aliphatic rings. The first-order chi connectivity index (χ1) is 14.2. The van der Waals surface area contributed by atoms with E-state index in [1.165, 1.54) is 0 Å². The Labute approximate surface area is 171 Å². The molecule has 12 heteroatoms. The molecule has 0 unspecified atom stereocenters. The minimum absolute atomic E-state index is 0.0261. The highest BCUT2D eigenvalue weighted by atomic mass is 35.5. The van der Waals surface area contributed by atoms with Gasteiger partial charge in [0.1, 0.15) is 24.0 Å². The van der Waals surface area contributed by atoms with E-state index in [4.69, 9.17) is 22.1 Å². The number of halogens is 6. The SMILES string of the molecule is NC1=N[C@](CF)(c2cc(CC(=O)c3nn(C(F)F)cc3Cl)cc(F)c2F)[C@H]2C[C@H]2O1. The molecule has 2 N–H and O–H groups in total. The van der Waals surface area contributed by atoms with Gasteiger partial charge in [-0.15, -0.1) is 0 Å². The molecule has 2 heterocycles. The molecule has 1 fully saturated rings. The molecule has 1 saturated carbocycles. The second-order valence-corrected chi connectivity index (χ2v) is 7.54. The summed E-state index contributed by atoms with van der Waals surface area (Å²) in [7, 11) is 0. The molecule has 1 aromatic carbocycles. The third kappa shape index (κ3) is 3.30. The number of fused-ring (bicyclic) bond motifs is 1. The lowest BCUT2D eigenvalue weighted by Gasteiger charge is -2.31. The number of alkyl halides is 3. The van der Waals surface area contributed by atoms with Crippen molar-refractivity contribution < 1.29 is 31.5 Å². The third-order valence-corrected chi connectivity index (χ3v) is 5.48. The number of benzene rings is 1. The van der Waals surface area contributed by atoms with E-state index in [1.54, 1.807) is 0 Å². The summed E-state index contributed by atoms with van der Waals surface area (Å²) in [6.07, 6.45) is 0.152.